The van der Waals surface area contributed by atoms with Crippen LogP contribution in [0.3, 0.4) is 0 Å². The molecule has 24 heavy (non-hydrogen) atoms. The number of aromatic nitrogens is 1. The predicted molar refractivity (Wildman–Crippen MR) is 96.1 cm³/mol. The van der Waals surface area contributed by atoms with Gasteiger partial charge in [0.25, 0.3) is 0 Å². The average molecular weight is 335 g/mol. The summed E-state index contributed by atoms with van der Waals surface area (Å²) in [6, 6.07) is 19.6. The minimum atomic E-state index is 0.210. The number of rotatable bonds is 3. The molecule has 0 N–H and O–H groups in total. The van der Waals surface area contributed by atoms with E-state index in [-0.39, 0.29) is 5.15 Å². The van der Waals surface area contributed by atoms with Crippen LogP contribution < -0.4 is 4.74 Å². The highest BCUT2D eigenvalue weighted by Crippen LogP contribution is 2.32. The number of hydrogen-bond donors (Lipinski definition) is 0. The first-order valence-electron chi connectivity index (χ1n) is 7.44. The van der Waals surface area contributed by atoms with Crippen LogP contribution >= 0.6 is 11.6 Å². The van der Waals surface area contributed by atoms with Crippen LogP contribution in [0.4, 0.5) is 0 Å². The van der Waals surface area contributed by atoms with Crippen molar-refractivity contribution in [3.8, 4) is 34.2 Å². The van der Waals surface area contributed by atoms with Crippen LogP contribution in [-0.2, 0) is 0 Å². The summed E-state index contributed by atoms with van der Waals surface area (Å²) in [5.74, 6) is 0.760. The number of halogens is 1. The van der Waals surface area contributed by atoms with Gasteiger partial charge in [-0.25, -0.2) is 4.98 Å². The maximum Gasteiger partial charge on any atom is 0.148 e. The van der Waals surface area contributed by atoms with Gasteiger partial charge in [-0.3, -0.25) is 0 Å². The zero-order valence-corrected chi connectivity index (χ0v) is 14.1. The van der Waals surface area contributed by atoms with E-state index in [1.165, 1.54) is 5.56 Å². The Hall–Kier alpha value is -2.83. The van der Waals surface area contributed by atoms with Gasteiger partial charge in [0.05, 0.1) is 18.4 Å². The normalized spacial score (nSPS) is 10.2. The maximum atomic E-state index is 9.46. The Bertz CT molecular complexity index is 910. The molecule has 3 nitrogen and oxygen atoms in total. The molecule has 0 aliphatic heterocycles. The molecule has 4 heteroatoms. The fourth-order valence-corrected chi connectivity index (χ4v) is 2.73. The molecule has 0 radical (unpaired) electrons. The van der Waals surface area contributed by atoms with Crippen LogP contribution in [0.25, 0.3) is 22.4 Å². The smallest absolute Gasteiger partial charge is 0.148 e. The number of pyridine rings is 1. The Morgan fingerprint density at radius 1 is 1.00 bits per heavy atom. The summed E-state index contributed by atoms with van der Waals surface area (Å²) in [5.41, 5.74) is 4.90. The molecule has 3 aromatic rings. The quantitative estimate of drug-likeness (QED) is 0.614. The number of nitriles is 1. The van der Waals surface area contributed by atoms with E-state index in [9.17, 15) is 5.26 Å². The van der Waals surface area contributed by atoms with E-state index in [4.69, 9.17) is 16.3 Å². The van der Waals surface area contributed by atoms with Gasteiger partial charge in [0.1, 0.15) is 17.0 Å². The van der Waals surface area contributed by atoms with Crippen molar-refractivity contribution in [3.63, 3.8) is 0 Å². The molecule has 0 amide bonds. The lowest BCUT2D eigenvalue weighted by Crippen LogP contribution is -1.93. The fraction of sp³-hybridized carbons (Fsp3) is 0.100. The summed E-state index contributed by atoms with van der Waals surface area (Å²) in [6.07, 6.45) is 0. The monoisotopic (exact) mass is 334 g/mol. The first kappa shape index (κ1) is 16.0. The number of benzene rings is 2. The van der Waals surface area contributed by atoms with Gasteiger partial charge in [-0.05, 0) is 30.7 Å². The SMILES string of the molecule is COc1ccc(-c2cc(-c3ccc(C)cc3)nc(Cl)c2C#N)cc1. The Labute approximate surface area is 146 Å². The Kier molecular flexibility index (Phi) is 4.50. The first-order chi connectivity index (χ1) is 11.6. The van der Waals surface area contributed by atoms with Crippen molar-refractivity contribution < 1.29 is 4.74 Å². The summed E-state index contributed by atoms with van der Waals surface area (Å²) in [4.78, 5) is 4.38. The van der Waals surface area contributed by atoms with Crippen molar-refractivity contribution in [2.75, 3.05) is 7.11 Å². The van der Waals surface area contributed by atoms with Crippen LogP contribution in [0.1, 0.15) is 11.1 Å². The van der Waals surface area contributed by atoms with Crippen molar-refractivity contribution in [2.45, 2.75) is 6.92 Å². The van der Waals surface area contributed by atoms with Gasteiger partial charge >= 0.3 is 0 Å². The van der Waals surface area contributed by atoms with Gasteiger partial charge < -0.3 is 4.74 Å². The molecule has 0 saturated heterocycles. The van der Waals surface area contributed by atoms with E-state index in [2.05, 4.69) is 11.1 Å². The molecule has 0 atom stereocenters. The van der Waals surface area contributed by atoms with Crippen LogP contribution in [0.5, 0.6) is 5.75 Å². The van der Waals surface area contributed by atoms with Crippen molar-refractivity contribution in [2.24, 2.45) is 0 Å². The van der Waals surface area contributed by atoms with Crippen LogP contribution in [0, 0.1) is 18.3 Å². The number of hydrogen-bond acceptors (Lipinski definition) is 3. The molecule has 1 heterocycles. The van der Waals surface area contributed by atoms with Gasteiger partial charge in [-0.1, -0.05) is 53.6 Å². The number of nitrogens with zero attached hydrogens (tertiary/aromatic N) is 2. The largest absolute Gasteiger partial charge is 0.497 e. The first-order valence-corrected chi connectivity index (χ1v) is 7.82. The Morgan fingerprint density at radius 3 is 2.21 bits per heavy atom. The third-order valence-electron chi connectivity index (χ3n) is 3.84. The molecule has 1 aromatic heterocycles. The van der Waals surface area contributed by atoms with Crippen molar-refractivity contribution in [1.29, 1.82) is 5.26 Å². The molecule has 0 bridgehead atoms. The van der Waals surface area contributed by atoms with Gasteiger partial charge in [0, 0.05) is 11.1 Å². The van der Waals surface area contributed by atoms with Crippen LogP contribution in [-0.4, -0.2) is 12.1 Å². The molecule has 118 valence electrons. The Morgan fingerprint density at radius 2 is 1.62 bits per heavy atom. The third kappa shape index (κ3) is 3.10. The highest BCUT2D eigenvalue weighted by molar-refractivity contribution is 6.31. The third-order valence-corrected chi connectivity index (χ3v) is 4.11. The average Bonchev–Trinajstić information content (AvgIpc) is 2.61. The van der Waals surface area contributed by atoms with Gasteiger partial charge in [-0.2, -0.15) is 5.26 Å². The van der Waals surface area contributed by atoms with Gasteiger partial charge in [0.2, 0.25) is 0 Å². The van der Waals surface area contributed by atoms with Gasteiger partial charge in [-0.15, -0.1) is 0 Å². The second-order valence-electron chi connectivity index (χ2n) is 5.43. The number of aryl methyl sites for hydroxylation is 1. The van der Waals surface area contributed by atoms with E-state index in [0.29, 0.717) is 5.56 Å². The van der Waals surface area contributed by atoms with E-state index in [1.54, 1.807) is 7.11 Å². The number of methoxy groups -OCH3 is 1. The molecule has 0 fully saturated rings. The lowest BCUT2D eigenvalue weighted by molar-refractivity contribution is 0.415. The summed E-state index contributed by atoms with van der Waals surface area (Å²) in [5, 5.41) is 9.67. The van der Waals surface area contributed by atoms with E-state index in [1.807, 2.05) is 61.5 Å². The highest BCUT2D eigenvalue weighted by atomic mass is 35.5. The van der Waals surface area contributed by atoms with Gasteiger partial charge in [0.15, 0.2) is 0 Å². The molecule has 3 rings (SSSR count). The van der Waals surface area contributed by atoms with Crippen LogP contribution in [0.2, 0.25) is 5.15 Å². The Balaban J connectivity index is 2.16. The van der Waals surface area contributed by atoms with Crippen molar-refractivity contribution in [1.82, 2.24) is 4.98 Å². The topological polar surface area (TPSA) is 45.9 Å². The van der Waals surface area contributed by atoms with Crippen molar-refractivity contribution >= 4 is 11.6 Å². The molecule has 2 aromatic carbocycles. The number of ether oxygens (including phenoxy) is 1. The molecular formula is C20H15ClN2O. The summed E-state index contributed by atoms with van der Waals surface area (Å²) in [6.45, 7) is 2.03. The standard InChI is InChI=1S/C20H15ClN2O/c1-13-3-5-15(6-4-13)19-11-17(18(12-22)20(21)23-19)14-7-9-16(24-2)10-8-14/h3-11H,1-2H3. The van der Waals surface area contributed by atoms with E-state index < -0.39 is 0 Å². The highest BCUT2D eigenvalue weighted by Gasteiger charge is 2.14. The zero-order chi connectivity index (χ0) is 17.1. The molecular weight excluding hydrogens is 320 g/mol. The second-order valence-corrected chi connectivity index (χ2v) is 5.79. The van der Waals surface area contributed by atoms with Crippen LogP contribution in [0.15, 0.2) is 54.6 Å². The summed E-state index contributed by atoms with van der Waals surface area (Å²) in [7, 11) is 1.62. The molecule has 0 unspecified atom stereocenters. The lowest BCUT2D eigenvalue weighted by atomic mass is 9.99. The van der Waals surface area contributed by atoms with E-state index in [0.717, 1.165) is 28.1 Å². The lowest BCUT2D eigenvalue weighted by Gasteiger charge is -2.10. The molecule has 0 aliphatic carbocycles. The molecule has 0 spiro atoms. The predicted octanol–water partition coefficient (Wildman–Crippen LogP) is 5.26. The minimum absolute atomic E-state index is 0.210. The van der Waals surface area contributed by atoms with E-state index >= 15 is 0 Å². The second kappa shape index (κ2) is 6.74. The molecule has 0 saturated carbocycles. The summed E-state index contributed by atoms with van der Waals surface area (Å²) >= 11 is 6.27. The molecule has 0 aliphatic rings. The zero-order valence-electron chi connectivity index (χ0n) is 13.4. The summed E-state index contributed by atoms with van der Waals surface area (Å²) < 4.78 is 5.19. The maximum absolute atomic E-state index is 9.46. The minimum Gasteiger partial charge on any atom is -0.497 e. The fourth-order valence-electron chi connectivity index (χ4n) is 2.49. The van der Waals surface area contributed by atoms with Crippen molar-refractivity contribution in [3.05, 3.63) is 70.9 Å².